The van der Waals surface area contributed by atoms with Crippen LogP contribution in [0.2, 0.25) is 0 Å². The fourth-order valence-corrected chi connectivity index (χ4v) is 4.08. The molecule has 3 aromatic rings. The number of anilines is 1. The molecule has 0 spiro atoms. The van der Waals surface area contributed by atoms with Gasteiger partial charge in [-0.15, -0.1) is 11.3 Å². The number of ether oxygens (including phenoxy) is 1. The highest BCUT2D eigenvalue weighted by Crippen LogP contribution is 2.27. The predicted octanol–water partition coefficient (Wildman–Crippen LogP) is 5.47. The second-order valence-corrected chi connectivity index (χ2v) is 7.79. The quantitative estimate of drug-likeness (QED) is 0.250. The monoisotopic (exact) mass is 413 g/mol. The van der Waals surface area contributed by atoms with E-state index in [1.807, 2.05) is 42.6 Å². The number of thiophene rings is 1. The molecule has 3 rings (SSSR count). The maximum atomic E-state index is 12.4. The molecule has 0 saturated heterocycles. The lowest BCUT2D eigenvalue weighted by molar-refractivity contribution is -0.143. The first-order valence-corrected chi connectivity index (χ1v) is 11.0. The number of rotatable bonds is 10. The number of hydrogen-bond donors (Lipinski definition) is 0. The van der Waals surface area contributed by atoms with Gasteiger partial charge in [-0.3, -0.25) is 4.79 Å². The molecule has 2 heterocycles. The van der Waals surface area contributed by atoms with Gasteiger partial charge in [-0.05, 0) is 56.3 Å². The first-order chi connectivity index (χ1) is 14.1. The summed E-state index contributed by atoms with van der Waals surface area (Å²) in [5.74, 6) is -0.119. The van der Waals surface area contributed by atoms with Crippen LogP contribution < -0.4 is 10.5 Å². The van der Waals surface area contributed by atoms with Crippen molar-refractivity contribution in [2.45, 2.75) is 39.5 Å². The number of unbranched alkanes of at least 4 members (excludes halogenated alkanes) is 2. The molecule has 2 aromatic heterocycles. The summed E-state index contributed by atoms with van der Waals surface area (Å²) in [7, 11) is 0. The van der Waals surface area contributed by atoms with Crippen molar-refractivity contribution in [2.75, 3.05) is 24.6 Å². The molecule has 154 valence electrons. The van der Waals surface area contributed by atoms with E-state index in [9.17, 15) is 9.59 Å². The minimum atomic E-state index is -0.306. The highest BCUT2D eigenvalue weighted by atomic mass is 32.1. The highest BCUT2D eigenvalue weighted by molar-refractivity contribution is 7.13. The van der Waals surface area contributed by atoms with Gasteiger partial charge >= 0.3 is 11.6 Å². The Kier molecular flexibility index (Phi) is 7.47. The number of carbonyl (C=O) groups is 1. The highest BCUT2D eigenvalue weighted by Gasteiger charge is 2.11. The van der Waals surface area contributed by atoms with Gasteiger partial charge in [0.05, 0.1) is 12.2 Å². The molecule has 0 aliphatic rings. The summed E-state index contributed by atoms with van der Waals surface area (Å²) in [6, 6.07) is 11.8. The molecule has 29 heavy (non-hydrogen) atoms. The van der Waals surface area contributed by atoms with Crippen LogP contribution >= 0.6 is 11.3 Å². The summed E-state index contributed by atoms with van der Waals surface area (Å²) in [6.07, 6.45) is 3.29. The largest absolute Gasteiger partial charge is 0.466 e. The molecule has 0 unspecified atom stereocenters. The van der Waals surface area contributed by atoms with Crippen LogP contribution in [0, 0.1) is 0 Å². The first kappa shape index (κ1) is 21.1. The molecule has 0 bridgehead atoms. The first-order valence-electron chi connectivity index (χ1n) is 10.1. The number of carbonyl (C=O) groups excluding carboxylic acids is 1. The van der Waals surface area contributed by atoms with Crippen molar-refractivity contribution in [3.8, 4) is 10.4 Å². The van der Waals surface area contributed by atoms with Gasteiger partial charge in [-0.2, -0.15) is 0 Å². The molecule has 0 amide bonds. The zero-order valence-electron chi connectivity index (χ0n) is 17.0. The van der Waals surface area contributed by atoms with Gasteiger partial charge in [-0.1, -0.05) is 12.5 Å². The summed E-state index contributed by atoms with van der Waals surface area (Å²) in [5.41, 5.74) is 1.94. The smallest absolute Gasteiger partial charge is 0.345 e. The fraction of sp³-hybridized carbons (Fsp3) is 0.391. The van der Waals surface area contributed by atoms with Gasteiger partial charge in [0, 0.05) is 41.5 Å². The lowest BCUT2D eigenvalue weighted by Gasteiger charge is -2.23. The molecule has 0 fully saturated rings. The maximum Gasteiger partial charge on any atom is 0.345 e. The number of esters is 1. The molecule has 5 nitrogen and oxygen atoms in total. The van der Waals surface area contributed by atoms with E-state index in [4.69, 9.17) is 9.15 Å². The Bertz CT molecular complexity index is 994. The summed E-state index contributed by atoms with van der Waals surface area (Å²) < 4.78 is 10.6. The van der Waals surface area contributed by atoms with Crippen molar-refractivity contribution in [2.24, 2.45) is 0 Å². The average molecular weight is 414 g/mol. The van der Waals surface area contributed by atoms with E-state index in [-0.39, 0.29) is 11.6 Å². The third-order valence-electron chi connectivity index (χ3n) is 4.87. The second kappa shape index (κ2) is 10.3. The van der Waals surface area contributed by atoms with Crippen LogP contribution in [0.25, 0.3) is 21.4 Å². The molecular weight excluding hydrogens is 386 g/mol. The standard InChI is InChI=1S/C23H27NO4S/c1-3-24(13-7-5-6-10-22(25)27-4-2)18-12-11-17-15-19(21-9-8-14-29-21)23(26)28-20(17)16-18/h8-9,11-12,14-16H,3-7,10,13H2,1-2H3. The second-order valence-electron chi connectivity index (χ2n) is 6.84. The van der Waals surface area contributed by atoms with Gasteiger partial charge in [0.1, 0.15) is 5.58 Å². The van der Waals surface area contributed by atoms with E-state index in [0.29, 0.717) is 24.2 Å². The summed E-state index contributed by atoms with van der Waals surface area (Å²) in [4.78, 5) is 27.0. The van der Waals surface area contributed by atoms with Gasteiger partial charge in [-0.25, -0.2) is 4.79 Å². The zero-order chi connectivity index (χ0) is 20.6. The third-order valence-corrected chi connectivity index (χ3v) is 5.77. The van der Waals surface area contributed by atoms with Crippen LogP contribution in [0.15, 0.2) is 51.0 Å². The summed E-state index contributed by atoms with van der Waals surface area (Å²) in [5, 5.41) is 2.87. The van der Waals surface area contributed by atoms with E-state index < -0.39 is 0 Å². The minimum Gasteiger partial charge on any atom is -0.466 e. The van der Waals surface area contributed by atoms with Gasteiger partial charge < -0.3 is 14.1 Å². The van der Waals surface area contributed by atoms with Crippen molar-refractivity contribution in [1.29, 1.82) is 0 Å². The minimum absolute atomic E-state index is 0.119. The Morgan fingerprint density at radius 3 is 2.72 bits per heavy atom. The van der Waals surface area contributed by atoms with Crippen molar-refractivity contribution < 1.29 is 13.9 Å². The molecule has 0 aliphatic carbocycles. The lowest BCUT2D eigenvalue weighted by Crippen LogP contribution is -2.23. The Labute approximate surface area is 174 Å². The zero-order valence-corrected chi connectivity index (χ0v) is 17.8. The molecule has 0 N–H and O–H groups in total. The SMILES string of the molecule is CCOC(=O)CCCCCN(CC)c1ccc2cc(-c3cccs3)c(=O)oc2c1. The van der Waals surface area contributed by atoms with E-state index in [2.05, 4.69) is 17.9 Å². The maximum absolute atomic E-state index is 12.4. The molecule has 6 heteroatoms. The van der Waals surface area contributed by atoms with Crippen LogP contribution in [0.4, 0.5) is 5.69 Å². The number of fused-ring (bicyclic) bond motifs is 1. The lowest BCUT2D eigenvalue weighted by atomic mass is 10.1. The van der Waals surface area contributed by atoms with Gasteiger partial charge in [0.15, 0.2) is 0 Å². The molecule has 0 aliphatic heterocycles. The topological polar surface area (TPSA) is 59.8 Å². The van der Waals surface area contributed by atoms with Crippen molar-refractivity contribution in [3.63, 3.8) is 0 Å². The molecular formula is C23H27NO4S. The van der Waals surface area contributed by atoms with Gasteiger partial charge in [0.25, 0.3) is 0 Å². The predicted molar refractivity (Wildman–Crippen MR) is 119 cm³/mol. The molecule has 0 saturated carbocycles. The van der Waals surface area contributed by atoms with Crippen LogP contribution in [-0.2, 0) is 9.53 Å². The Hall–Kier alpha value is -2.60. The van der Waals surface area contributed by atoms with Crippen molar-refractivity contribution >= 4 is 34.0 Å². The fourth-order valence-electron chi connectivity index (χ4n) is 3.35. The van der Waals surface area contributed by atoms with E-state index in [0.717, 1.165) is 48.3 Å². The Morgan fingerprint density at radius 1 is 1.14 bits per heavy atom. The van der Waals surface area contributed by atoms with E-state index in [1.165, 1.54) is 11.3 Å². The van der Waals surface area contributed by atoms with Crippen LogP contribution in [-0.4, -0.2) is 25.7 Å². The number of hydrogen-bond acceptors (Lipinski definition) is 6. The molecule has 0 atom stereocenters. The van der Waals surface area contributed by atoms with Crippen molar-refractivity contribution in [1.82, 2.24) is 0 Å². The summed E-state index contributed by atoms with van der Waals surface area (Å²) in [6.45, 7) is 6.13. The number of nitrogens with zero attached hydrogens (tertiary/aromatic N) is 1. The number of benzene rings is 1. The normalized spacial score (nSPS) is 11.0. The molecule has 0 radical (unpaired) electrons. The Morgan fingerprint density at radius 2 is 2.00 bits per heavy atom. The van der Waals surface area contributed by atoms with E-state index in [1.54, 1.807) is 0 Å². The van der Waals surface area contributed by atoms with Crippen molar-refractivity contribution in [3.05, 3.63) is 52.2 Å². The molecule has 1 aromatic carbocycles. The Balaban J connectivity index is 1.65. The third kappa shape index (κ3) is 5.48. The van der Waals surface area contributed by atoms with Crippen LogP contribution in [0.5, 0.6) is 0 Å². The summed E-state index contributed by atoms with van der Waals surface area (Å²) >= 11 is 1.53. The van der Waals surface area contributed by atoms with Crippen LogP contribution in [0.3, 0.4) is 0 Å². The van der Waals surface area contributed by atoms with E-state index >= 15 is 0 Å². The van der Waals surface area contributed by atoms with Gasteiger partial charge in [0.2, 0.25) is 0 Å². The average Bonchev–Trinajstić information content (AvgIpc) is 3.24. The van der Waals surface area contributed by atoms with Crippen LogP contribution in [0.1, 0.15) is 39.5 Å².